The Balaban J connectivity index is 1.82. The van der Waals surface area contributed by atoms with Crippen LogP contribution >= 0.6 is 0 Å². The maximum absolute atomic E-state index is 12.3. The van der Waals surface area contributed by atoms with E-state index in [0.29, 0.717) is 22.7 Å². The van der Waals surface area contributed by atoms with Gasteiger partial charge in [-0.25, -0.2) is 28.1 Å². The fraction of sp³-hybridized carbons (Fsp3) is 0.353. The van der Waals surface area contributed by atoms with Crippen LogP contribution < -0.4 is 14.9 Å². The van der Waals surface area contributed by atoms with Gasteiger partial charge in [-0.2, -0.15) is 0 Å². The van der Waals surface area contributed by atoms with Crippen LogP contribution in [0.15, 0.2) is 35.7 Å². The molecule has 1 fully saturated rings. The molecule has 1 aliphatic heterocycles. The van der Waals surface area contributed by atoms with Crippen molar-refractivity contribution in [1.82, 2.24) is 24.7 Å². The highest BCUT2D eigenvalue weighted by Gasteiger charge is 2.27. The Labute approximate surface area is 162 Å². The summed E-state index contributed by atoms with van der Waals surface area (Å²) in [5.74, 6) is 0.488. The normalized spacial score (nSPS) is 17.4. The van der Waals surface area contributed by atoms with Crippen LogP contribution in [0.5, 0.6) is 0 Å². The number of hydrogen-bond acceptors (Lipinski definition) is 8. The van der Waals surface area contributed by atoms with Gasteiger partial charge in [0.05, 0.1) is 35.2 Å². The molecule has 0 spiro atoms. The molecule has 1 aliphatic rings. The lowest BCUT2D eigenvalue weighted by Gasteiger charge is -2.28. The van der Waals surface area contributed by atoms with E-state index in [2.05, 4.69) is 34.9 Å². The van der Waals surface area contributed by atoms with Gasteiger partial charge in [0.1, 0.15) is 11.8 Å². The van der Waals surface area contributed by atoms with E-state index < -0.39 is 10.0 Å². The Morgan fingerprint density at radius 1 is 1.32 bits per heavy atom. The van der Waals surface area contributed by atoms with Crippen molar-refractivity contribution in [3.8, 4) is 0 Å². The van der Waals surface area contributed by atoms with Gasteiger partial charge in [-0.15, -0.1) is 0 Å². The molecule has 3 heterocycles. The second-order valence-corrected chi connectivity index (χ2v) is 8.39. The number of aromatic amines is 1. The Morgan fingerprint density at radius 3 is 2.96 bits per heavy atom. The maximum atomic E-state index is 12.3. The first-order chi connectivity index (χ1) is 13.5. The molecule has 2 aromatic heterocycles. The minimum absolute atomic E-state index is 0.00937. The minimum Gasteiger partial charge on any atom is -0.394 e. The molecule has 148 valence electrons. The fourth-order valence-electron chi connectivity index (χ4n) is 3.48. The molecule has 0 bridgehead atoms. The van der Waals surface area contributed by atoms with E-state index in [-0.39, 0.29) is 17.5 Å². The monoisotopic (exact) mass is 403 g/mol. The number of anilines is 3. The zero-order chi connectivity index (χ0) is 19.7. The van der Waals surface area contributed by atoms with E-state index in [4.69, 9.17) is 0 Å². The standard InChI is InChI=1S/C17H21N7O3S/c1-18-28(26,27)12-4-5-14(24-6-2-3-11(24)8-25)13(7-12)23-17-15-16(20-9-19-15)21-10-22-17/h4-5,7,9-11,18,25H,2-3,6,8H2,1H3,(H2,19,20,21,22,23). The van der Waals surface area contributed by atoms with Crippen molar-refractivity contribution in [3.63, 3.8) is 0 Å². The van der Waals surface area contributed by atoms with Crippen LogP contribution in [-0.2, 0) is 10.0 Å². The molecule has 0 aliphatic carbocycles. The molecule has 28 heavy (non-hydrogen) atoms. The highest BCUT2D eigenvalue weighted by atomic mass is 32.2. The number of H-pyrrole nitrogens is 1. The van der Waals surface area contributed by atoms with Crippen LogP contribution in [0.4, 0.5) is 17.2 Å². The summed E-state index contributed by atoms with van der Waals surface area (Å²) in [6.07, 6.45) is 4.76. The lowest BCUT2D eigenvalue weighted by molar-refractivity contribution is 0.266. The first kappa shape index (κ1) is 18.6. The molecular weight excluding hydrogens is 382 g/mol. The highest BCUT2D eigenvalue weighted by molar-refractivity contribution is 7.89. The Morgan fingerprint density at radius 2 is 2.18 bits per heavy atom. The first-order valence-electron chi connectivity index (χ1n) is 8.89. The molecule has 0 radical (unpaired) electrons. The van der Waals surface area contributed by atoms with E-state index in [1.165, 1.54) is 19.7 Å². The number of fused-ring (bicyclic) bond motifs is 1. The summed E-state index contributed by atoms with van der Waals surface area (Å²) in [6.45, 7) is 0.815. The lowest BCUT2D eigenvalue weighted by atomic mass is 10.2. The average molecular weight is 403 g/mol. The number of benzene rings is 1. The van der Waals surface area contributed by atoms with Gasteiger partial charge in [0, 0.05) is 6.54 Å². The highest BCUT2D eigenvalue weighted by Crippen LogP contribution is 2.36. The van der Waals surface area contributed by atoms with Gasteiger partial charge >= 0.3 is 0 Å². The zero-order valence-corrected chi connectivity index (χ0v) is 16.1. The predicted octanol–water partition coefficient (Wildman–Crippen LogP) is 0.966. The van der Waals surface area contributed by atoms with Crippen LogP contribution in [0.2, 0.25) is 0 Å². The van der Waals surface area contributed by atoms with Crippen molar-refractivity contribution < 1.29 is 13.5 Å². The lowest BCUT2D eigenvalue weighted by Crippen LogP contribution is -2.32. The summed E-state index contributed by atoms with van der Waals surface area (Å²) >= 11 is 0. The third-order valence-corrected chi connectivity index (χ3v) is 6.33. The molecule has 10 nitrogen and oxygen atoms in total. The van der Waals surface area contributed by atoms with E-state index in [9.17, 15) is 13.5 Å². The minimum atomic E-state index is -3.61. The van der Waals surface area contributed by atoms with Gasteiger partial charge in [0.15, 0.2) is 11.5 Å². The Kier molecular flexibility index (Phi) is 4.87. The number of sulfonamides is 1. The SMILES string of the molecule is CNS(=O)(=O)c1ccc(N2CCCC2CO)c(Nc2ncnc3nc[nH]c23)c1. The molecule has 1 atom stereocenters. The second kappa shape index (κ2) is 7.34. The van der Waals surface area contributed by atoms with Crippen molar-refractivity contribution in [1.29, 1.82) is 0 Å². The zero-order valence-electron chi connectivity index (χ0n) is 15.3. The topological polar surface area (TPSA) is 136 Å². The second-order valence-electron chi connectivity index (χ2n) is 6.51. The number of nitrogens with one attached hydrogen (secondary N) is 3. The van der Waals surface area contributed by atoms with Gasteiger partial charge in [-0.1, -0.05) is 0 Å². The van der Waals surface area contributed by atoms with Gasteiger partial charge in [-0.05, 0) is 38.1 Å². The fourth-order valence-corrected chi connectivity index (χ4v) is 4.24. The Hall–Kier alpha value is -2.76. The molecule has 3 aromatic rings. The van der Waals surface area contributed by atoms with Crippen LogP contribution in [0.25, 0.3) is 11.2 Å². The van der Waals surface area contributed by atoms with E-state index in [0.717, 1.165) is 25.1 Å². The first-order valence-corrected chi connectivity index (χ1v) is 10.4. The largest absolute Gasteiger partial charge is 0.394 e. The third kappa shape index (κ3) is 3.28. The molecular formula is C17H21N7O3S. The number of aliphatic hydroxyl groups excluding tert-OH is 1. The quantitative estimate of drug-likeness (QED) is 0.478. The Bertz CT molecular complexity index is 1100. The van der Waals surface area contributed by atoms with Crippen molar-refractivity contribution in [3.05, 3.63) is 30.9 Å². The number of rotatable bonds is 6. The van der Waals surface area contributed by atoms with Crippen molar-refractivity contribution in [2.75, 3.05) is 30.4 Å². The van der Waals surface area contributed by atoms with Crippen molar-refractivity contribution >= 4 is 38.4 Å². The van der Waals surface area contributed by atoms with Gasteiger partial charge < -0.3 is 20.3 Å². The van der Waals surface area contributed by atoms with E-state index in [1.54, 1.807) is 18.2 Å². The summed E-state index contributed by atoms with van der Waals surface area (Å²) in [7, 11) is -2.24. The molecule has 1 saturated heterocycles. The van der Waals surface area contributed by atoms with E-state index in [1.807, 2.05) is 0 Å². The van der Waals surface area contributed by atoms with Gasteiger partial charge in [0.25, 0.3) is 0 Å². The van der Waals surface area contributed by atoms with Crippen molar-refractivity contribution in [2.45, 2.75) is 23.8 Å². The number of hydrogen-bond donors (Lipinski definition) is 4. The predicted molar refractivity (Wildman–Crippen MR) is 105 cm³/mol. The smallest absolute Gasteiger partial charge is 0.240 e. The summed E-state index contributed by atoms with van der Waals surface area (Å²) in [4.78, 5) is 17.7. The number of nitrogens with zero attached hydrogens (tertiary/aromatic N) is 4. The number of imidazole rings is 1. The maximum Gasteiger partial charge on any atom is 0.240 e. The van der Waals surface area contributed by atoms with Gasteiger partial charge in [-0.3, -0.25) is 0 Å². The molecule has 11 heteroatoms. The van der Waals surface area contributed by atoms with Crippen LogP contribution in [0.1, 0.15) is 12.8 Å². The molecule has 1 aromatic carbocycles. The third-order valence-electron chi connectivity index (χ3n) is 4.92. The molecule has 1 unspecified atom stereocenters. The average Bonchev–Trinajstić information content (AvgIpc) is 3.37. The van der Waals surface area contributed by atoms with Crippen LogP contribution in [0.3, 0.4) is 0 Å². The summed E-state index contributed by atoms with van der Waals surface area (Å²) < 4.78 is 26.9. The summed E-state index contributed by atoms with van der Waals surface area (Å²) in [5.41, 5.74) is 2.51. The number of aliphatic hydroxyl groups is 1. The van der Waals surface area contributed by atoms with E-state index >= 15 is 0 Å². The number of aromatic nitrogens is 4. The van der Waals surface area contributed by atoms with Crippen molar-refractivity contribution in [2.24, 2.45) is 0 Å². The molecule has 0 saturated carbocycles. The molecule has 4 N–H and O–H groups in total. The summed E-state index contributed by atoms with van der Waals surface area (Å²) in [5, 5.41) is 12.9. The molecule has 4 rings (SSSR count). The summed E-state index contributed by atoms with van der Waals surface area (Å²) in [6, 6.07) is 4.87. The van der Waals surface area contributed by atoms with Crippen LogP contribution in [-0.4, -0.2) is 59.7 Å². The van der Waals surface area contributed by atoms with Gasteiger partial charge in [0.2, 0.25) is 10.0 Å². The van der Waals surface area contributed by atoms with Crippen LogP contribution in [0, 0.1) is 0 Å². The molecule has 0 amide bonds.